The summed E-state index contributed by atoms with van der Waals surface area (Å²) in [6.45, 7) is 7.24. The van der Waals surface area contributed by atoms with Crippen molar-refractivity contribution in [2.75, 3.05) is 0 Å². The third kappa shape index (κ3) is 3.68. The summed E-state index contributed by atoms with van der Waals surface area (Å²) in [5, 5.41) is 19.2. The Hall–Kier alpha value is -0.620. The standard InChI is InChI=1S/C13H25NO4/c1-5-11(7(2)8(3)15)18-12-6-10(14)13(16)9(4)17-12/h9-13,15-16H,5-6,14H2,1-4H3/b8-7-/t9-,10-,11-,12-,13+/m1/s1. The molecular weight excluding hydrogens is 234 g/mol. The van der Waals surface area contributed by atoms with Crippen LogP contribution in [0.2, 0.25) is 0 Å². The quantitative estimate of drug-likeness (QED) is 0.665. The van der Waals surface area contributed by atoms with E-state index in [4.69, 9.17) is 15.2 Å². The molecule has 1 aliphatic rings. The van der Waals surface area contributed by atoms with E-state index < -0.39 is 12.4 Å². The summed E-state index contributed by atoms with van der Waals surface area (Å²) in [6, 6.07) is -0.337. The molecule has 1 heterocycles. The first kappa shape index (κ1) is 15.4. The highest BCUT2D eigenvalue weighted by Crippen LogP contribution is 2.24. The van der Waals surface area contributed by atoms with Crippen LogP contribution in [0.3, 0.4) is 0 Å². The van der Waals surface area contributed by atoms with Gasteiger partial charge >= 0.3 is 0 Å². The van der Waals surface area contributed by atoms with E-state index in [-0.39, 0.29) is 24.0 Å². The highest BCUT2D eigenvalue weighted by atomic mass is 16.7. The van der Waals surface area contributed by atoms with Crippen molar-refractivity contribution in [3.63, 3.8) is 0 Å². The Morgan fingerprint density at radius 2 is 2.11 bits per heavy atom. The molecule has 0 spiro atoms. The number of nitrogens with two attached hydrogens (primary N) is 1. The van der Waals surface area contributed by atoms with Gasteiger partial charge in [-0.1, -0.05) is 6.92 Å². The minimum atomic E-state index is -0.652. The van der Waals surface area contributed by atoms with Gasteiger partial charge in [-0.25, -0.2) is 0 Å². The average molecular weight is 259 g/mol. The van der Waals surface area contributed by atoms with E-state index in [1.165, 1.54) is 0 Å². The number of rotatable bonds is 4. The summed E-state index contributed by atoms with van der Waals surface area (Å²) in [7, 11) is 0. The number of aliphatic hydroxyl groups excluding tert-OH is 2. The van der Waals surface area contributed by atoms with E-state index >= 15 is 0 Å². The lowest BCUT2D eigenvalue weighted by Crippen LogP contribution is -2.52. The monoisotopic (exact) mass is 259 g/mol. The van der Waals surface area contributed by atoms with Crippen LogP contribution in [0.1, 0.15) is 40.5 Å². The molecule has 1 rings (SSSR count). The Morgan fingerprint density at radius 1 is 1.50 bits per heavy atom. The topological polar surface area (TPSA) is 84.9 Å². The second kappa shape index (κ2) is 6.52. The molecule has 4 N–H and O–H groups in total. The summed E-state index contributed by atoms with van der Waals surface area (Å²) in [5.74, 6) is 0.273. The number of hydrogen-bond acceptors (Lipinski definition) is 5. The largest absolute Gasteiger partial charge is 0.513 e. The summed E-state index contributed by atoms with van der Waals surface area (Å²) in [5.41, 5.74) is 6.64. The Bertz CT molecular complexity index is 289. The van der Waals surface area contributed by atoms with Crippen molar-refractivity contribution in [1.29, 1.82) is 0 Å². The van der Waals surface area contributed by atoms with Crippen molar-refractivity contribution in [3.8, 4) is 0 Å². The maximum Gasteiger partial charge on any atom is 0.160 e. The zero-order chi connectivity index (χ0) is 13.9. The predicted octanol–water partition coefficient (Wildman–Crippen LogP) is 1.46. The van der Waals surface area contributed by atoms with Crippen molar-refractivity contribution in [3.05, 3.63) is 11.3 Å². The Labute approximate surface area is 109 Å². The highest BCUT2D eigenvalue weighted by molar-refractivity contribution is 5.08. The smallest absolute Gasteiger partial charge is 0.160 e. The van der Waals surface area contributed by atoms with Gasteiger partial charge in [0.1, 0.15) is 0 Å². The number of allylic oxidation sites excluding steroid dienone is 1. The molecule has 0 saturated carbocycles. The zero-order valence-electron chi connectivity index (χ0n) is 11.6. The molecule has 0 bridgehead atoms. The second-order valence-corrected chi connectivity index (χ2v) is 4.96. The molecule has 1 aliphatic heterocycles. The second-order valence-electron chi connectivity index (χ2n) is 4.96. The van der Waals surface area contributed by atoms with Gasteiger partial charge in [-0.15, -0.1) is 0 Å². The zero-order valence-corrected chi connectivity index (χ0v) is 11.6. The Morgan fingerprint density at radius 3 is 2.56 bits per heavy atom. The molecule has 0 aliphatic carbocycles. The third-order valence-corrected chi connectivity index (χ3v) is 3.49. The normalized spacial score (nSPS) is 36.1. The van der Waals surface area contributed by atoms with Crippen LogP contribution in [-0.4, -0.2) is 40.9 Å². The van der Waals surface area contributed by atoms with Gasteiger partial charge in [0.2, 0.25) is 0 Å². The van der Waals surface area contributed by atoms with Crippen LogP contribution in [0, 0.1) is 0 Å². The van der Waals surface area contributed by atoms with Crippen LogP contribution in [-0.2, 0) is 9.47 Å². The first-order chi connectivity index (χ1) is 8.36. The lowest BCUT2D eigenvalue weighted by Gasteiger charge is -2.37. The molecular formula is C13H25NO4. The van der Waals surface area contributed by atoms with E-state index in [2.05, 4.69) is 0 Å². The van der Waals surface area contributed by atoms with E-state index in [0.29, 0.717) is 6.42 Å². The Balaban J connectivity index is 2.64. The summed E-state index contributed by atoms with van der Waals surface area (Å²) in [4.78, 5) is 0. The van der Waals surface area contributed by atoms with Gasteiger partial charge in [0, 0.05) is 12.5 Å². The molecule has 5 nitrogen and oxygen atoms in total. The number of hydrogen-bond donors (Lipinski definition) is 3. The van der Waals surface area contributed by atoms with Crippen LogP contribution in [0.5, 0.6) is 0 Å². The van der Waals surface area contributed by atoms with E-state index in [9.17, 15) is 10.2 Å². The third-order valence-electron chi connectivity index (χ3n) is 3.49. The molecule has 5 heteroatoms. The maximum absolute atomic E-state index is 9.70. The number of ether oxygens (including phenoxy) is 2. The van der Waals surface area contributed by atoms with Crippen LogP contribution in [0.25, 0.3) is 0 Å². The van der Waals surface area contributed by atoms with Crippen LogP contribution in [0.4, 0.5) is 0 Å². The molecule has 1 fully saturated rings. The summed E-state index contributed by atoms with van der Waals surface area (Å²) >= 11 is 0. The van der Waals surface area contributed by atoms with Crippen LogP contribution in [0.15, 0.2) is 11.3 Å². The van der Waals surface area contributed by atoms with Gasteiger partial charge in [-0.2, -0.15) is 0 Å². The maximum atomic E-state index is 9.70. The molecule has 0 radical (unpaired) electrons. The molecule has 0 aromatic rings. The van der Waals surface area contributed by atoms with E-state index in [1.54, 1.807) is 13.8 Å². The number of aliphatic hydroxyl groups is 2. The van der Waals surface area contributed by atoms with Crippen molar-refractivity contribution in [2.45, 2.75) is 71.2 Å². The van der Waals surface area contributed by atoms with Crippen LogP contribution >= 0.6 is 0 Å². The molecule has 106 valence electrons. The van der Waals surface area contributed by atoms with Gasteiger partial charge in [0.25, 0.3) is 0 Å². The van der Waals surface area contributed by atoms with Crippen molar-refractivity contribution < 1.29 is 19.7 Å². The van der Waals surface area contributed by atoms with Gasteiger partial charge in [-0.3, -0.25) is 0 Å². The fourth-order valence-corrected chi connectivity index (χ4v) is 2.09. The van der Waals surface area contributed by atoms with Crippen molar-refractivity contribution in [1.82, 2.24) is 0 Å². The summed E-state index contributed by atoms with van der Waals surface area (Å²) in [6.07, 6.45) is -0.403. The molecule has 1 saturated heterocycles. The van der Waals surface area contributed by atoms with E-state index in [0.717, 1.165) is 12.0 Å². The fraction of sp³-hybridized carbons (Fsp3) is 0.846. The minimum absolute atomic E-state index is 0.186. The SMILES string of the molecule is CC[C@@H](O[C@@H]1C[C@@H](N)[C@@H](O)[C@@H](C)O1)/C(C)=C(/C)O. The van der Waals surface area contributed by atoms with Gasteiger partial charge in [-0.05, 0) is 32.8 Å². The minimum Gasteiger partial charge on any atom is -0.513 e. The molecule has 18 heavy (non-hydrogen) atoms. The molecule has 0 aromatic carbocycles. The van der Waals surface area contributed by atoms with Crippen LogP contribution < -0.4 is 5.73 Å². The predicted molar refractivity (Wildman–Crippen MR) is 69.1 cm³/mol. The first-order valence-electron chi connectivity index (χ1n) is 6.47. The fourth-order valence-electron chi connectivity index (χ4n) is 2.09. The van der Waals surface area contributed by atoms with Crippen molar-refractivity contribution >= 4 is 0 Å². The molecule has 5 atom stereocenters. The van der Waals surface area contributed by atoms with Crippen molar-refractivity contribution in [2.24, 2.45) is 5.73 Å². The van der Waals surface area contributed by atoms with E-state index in [1.807, 2.05) is 13.8 Å². The Kier molecular flexibility index (Phi) is 5.59. The highest BCUT2D eigenvalue weighted by Gasteiger charge is 2.34. The lowest BCUT2D eigenvalue weighted by molar-refractivity contribution is -0.234. The van der Waals surface area contributed by atoms with Gasteiger partial charge < -0.3 is 25.4 Å². The lowest BCUT2D eigenvalue weighted by atomic mass is 10.0. The molecule has 0 unspecified atom stereocenters. The van der Waals surface area contributed by atoms with Gasteiger partial charge in [0.05, 0.1) is 24.1 Å². The first-order valence-corrected chi connectivity index (χ1v) is 6.47. The molecule has 0 amide bonds. The van der Waals surface area contributed by atoms with Gasteiger partial charge in [0.15, 0.2) is 6.29 Å². The molecule has 0 aromatic heterocycles. The summed E-state index contributed by atoms with van der Waals surface area (Å²) < 4.78 is 11.4. The average Bonchev–Trinajstić information content (AvgIpc) is 2.31.